The van der Waals surface area contributed by atoms with E-state index < -0.39 is 0 Å². The first-order valence-corrected chi connectivity index (χ1v) is 7.70. The highest BCUT2D eigenvalue weighted by Crippen LogP contribution is 2.18. The molecular formula is C17H24N4. The van der Waals surface area contributed by atoms with Crippen molar-refractivity contribution in [2.45, 2.75) is 33.6 Å². The molecule has 1 aromatic carbocycles. The van der Waals surface area contributed by atoms with Crippen LogP contribution in [0.4, 0.5) is 5.69 Å². The molecule has 2 rings (SSSR count). The van der Waals surface area contributed by atoms with Crippen molar-refractivity contribution in [1.29, 1.82) is 0 Å². The molecule has 0 spiro atoms. The fourth-order valence-electron chi connectivity index (χ4n) is 2.40. The molecule has 0 saturated heterocycles. The first-order chi connectivity index (χ1) is 10.2. The summed E-state index contributed by atoms with van der Waals surface area (Å²) in [4.78, 5) is 15.7. The van der Waals surface area contributed by atoms with E-state index in [0.717, 1.165) is 49.2 Å². The number of benzene rings is 1. The lowest BCUT2D eigenvalue weighted by atomic mass is 10.2. The molecule has 0 bridgehead atoms. The fourth-order valence-corrected chi connectivity index (χ4v) is 2.40. The zero-order chi connectivity index (χ0) is 15.1. The number of hydrogen-bond donors (Lipinski definition) is 0. The molecule has 4 heteroatoms. The van der Waals surface area contributed by atoms with Gasteiger partial charge in [-0.25, -0.2) is 0 Å². The molecule has 1 heterocycles. The van der Waals surface area contributed by atoms with Crippen LogP contribution in [0.2, 0.25) is 0 Å². The Bertz CT molecular complexity index is 603. The van der Waals surface area contributed by atoms with Gasteiger partial charge >= 0.3 is 0 Å². The van der Waals surface area contributed by atoms with Crippen molar-refractivity contribution in [3.8, 4) is 0 Å². The highest BCUT2D eigenvalue weighted by atomic mass is 15.1. The van der Waals surface area contributed by atoms with Crippen LogP contribution in [-0.2, 0) is 0 Å². The lowest BCUT2D eigenvalue weighted by molar-refractivity contribution is 0.302. The Balaban J connectivity index is 1.97. The maximum Gasteiger partial charge on any atom is 0.0908 e. The number of aliphatic imine (C=N–C) groups is 1. The molecule has 0 N–H and O–H groups in total. The summed E-state index contributed by atoms with van der Waals surface area (Å²) in [6.45, 7) is 9.90. The van der Waals surface area contributed by atoms with Gasteiger partial charge in [-0.1, -0.05) is 13.8 Å². The third-order valence-electron chi connectivity index (χ3n) is 3.68. The van der Waals surface area contributed by atoms with Gasteiger partial charge in [0.25, 0.3) is 0 Å². The predicted octanol–water partition coefficient (Wildman–Crippen LogP) is 3.84. The normalized spacial score (nSPS) is 12.3. The van der Waals surface area contributed by atoms with E-state index in [1.54, 1.807) is 12.4 Å². The summed E-state index contributed by atoms with van der Waals surface area (Å²) in [5, 5.41) is 0. The highest BCUT2D eigenvalue weighted by molar-refractivity contribution is 5.86. The van der Waals surface area contributed by atoms with Gasteiger partial charge in [0.15, 0.2) is 0 Å². The van der Waals surface area contributed by atoms with Crippen LogP contribution in [0, 0.1) is 0 Å². The minimum Gasteiger partial charge on any atom is -0.304 e. The summed E-state index contributed by atoms with van der Waals surface area (Å²) >= 11 is 0. The fraction of sp³-hybridized carbons (Fsp3) is 0.471. The molecule has 0 saturated carbocycles. The number of aromatic nitrogens is 2. The molecule has 0 radical (unpaired) electrons. The number of rotatable bonds is 7. The van der Waals surface area contributed by atoms with Crippen molar-refractivity contribution in [3.63, 3.8) is 0 Å². The summed E-state index contributed by atoms with van der Waals surface area (Å²) in [5.74, 6) is 0. The van der Waals surface area contributed by atoms with Crippen LogP contribution in [0.15, 0.2) is 35.6 Å². The topological polar surface area (TPSA) is 41.4 Å². The Morgan fingerprint density at radius 1 is 1.10 bits per heavy atom. The molecule has 4 nitrogen and oxygen atoms in total. The van der Waals surface area contributed by atoms with Gasteiger partial charge in [-0.15, -0.1) is 0 Å². The van der Waals surface area contributed by atoms with E-state index in [2.05, 4.69) is 40.6 Å². The average Bonchev–Trinajstić information content (AvgIpc) is 2.51. The molecule has 21 heavy (non-hydrogen) atoms. The van der Waals surface area contributed by atoms with Crippen LogP contribution >= 0.6 is 0 Å². The van der Waals surface area contributed by atoms with Crippen LogP contribution in [0.1, 0.15) is 33.6 Å². The third kappa shape index (κ3) is 4.60. The highest BCUT2D eigenvalue weighted by Gasteiger charge is 2.01. The molecule has 0 atom stereocenters. The van der Waals surface area contributed by atoms with Gasteiger partial charge in [0, 0.05) is 18.1 Å². The average molecular weight is 284 g/mol. The van der Waals surface area contributed by atoms with Crippen molar-refractivity contribution in [2.24, 2.45) is 4.99 Å². The van der Waals surface area contributed by atoms with E-state index in [1.165, 1.54) is 5.71 Å². The Morgan fingerprint density at radius 3 is 2.52 bits per heavy atom. The van der Waals surface area contributed by atoms with Crippen LogP contribution in [0.3, 0.4) is 0 Å². The minimum absolute atomic E-state index is 0.898. The molecule has 0 fully saturated rings. The van der Waals surface area contributed by atoms with E-state index in [4.69, 9.17) is 0 Å². The van der Waals surface area contributed by atoms with Crippen LogP contribution in [-0.4, -0.2) is 40.2 Å². The zero-order valence-electron chi connectivity index (χ0n) is 13.2. The molecule has 2 aromatic rings. The Morgan fingerprint density at radius 2 is 1.81 bits per heavy atom. The lowest BCUT2D eigenvalue weighted by Crippen LogP contribution is -2.24. The van der Waals surface area contributed by atoms with E-state index in [9.17, 15) is 0 Å². The van der Waals surface area contributed by atoms with Crippen molar-refractivity contribution in [2.75, 3.05) is 19.6 Å². The van der Waals surface area contributed by atoms with Gasteiger partial charge in [-0.05, 0) is 57.6 Å². The summed E-state index contributed by atoms with van der Waals surface area (Å²) in [5.41, 5.74) is 3.94. The second kappa shape index (κ2) is 7.84. The number of fused-ring (bicyclic) bond motifs is 1. The summed E-state index contributed by atoms with van der Waals surface area (Å²) in [6, 6.07) is 5.98. The Kier molecular flexibility index (Phi) is 5.81. The lowest BCUT2D eigenvalue weighted by Gasteiger charge is -2.17. The van der Waals surface area contributed by atoms with Crippen LogP contribution < -0.4 is 0 Å². The second-order valence-corrected chi connectivity index (χ2v) is 5.21. The van der Waals surface area contributed by atoms with Gasteiger partial charge in [-0.3, -0.25) is 15.0 Å². The molecule has 0 unspecified atom stereocenters. The summed E-state index contributed by atoms with van der Waals surface area (Å²) < 4.78 is 0. The second-order valence-electron chi connectivity index (χ2n) is 5.21. The van der Waals surface area contributed by atoms with E-state index in [-0.39, 0.29) is 0 Å². The smallest absolute Gasteiger partial charge is 0.0908 e. The quantitative estimate of drug-likeness (QED) is 0.725. The molecule has 0 aliphatic carbocycles. The van der Waals surface area contributed by atoms with Crippen molar-refractivity contribution >= 4 is 22.4 Å². The van der Waals surface area contributed by atoms with Gasteiger partial charge in [-0.2, -0.15) is 0 Å². The van der Waals surface area contributed by atoms with E-state index >= 15 is 0 Å². The van der Waals surface area contributed by atoms with Gasteiger partial charge in [0.05, 0.1) is 16.7 Å². The van der Waals surface area contributed by atoms with Crippen molar-refractivity contribution < 1.29 is 0 Å². The van der Waals surface area contributed by atoms with E-state index in [0.29, 0.717) is 0 Å². The Hall–Kier alpha value is -1.81. The van der Waals surface area contributed by atoms with Gasteiger partial charge in [0.2, 0.25) is 0 Å². The van der Waals surface area contributed by atoms with Crippen LogP contribution in [0.25, 0.3) is 11.0 Å². The maximum absolute atomic E-state index is 4.69. The molecule has 1 aromatic heterocycles. The third-order valence-corrected chi connectivity index (χ3v) is 3.68. The number of nitrogens with zero attached hydrogens (tertiary/aromatic N) is 4. The Labute approximate surface area is 126 Å². The SMILES string of the molecule is CCN(CC)CCCC(C)=Nc1ccc2nccnc2c1. The largest absolute Gasteiger partial charge is 0.304 e. The first-order valence-electron chi connectivity index (χ1n) is 7.70. The summed E-state index contributed by atoms with van der Waals surface area (Å²) in [7, 11) is 0. The molecule has 112 valence electrons. The number of hydrogen-bond acceptors (Lipinski definition) is 4. The van der Waals surface area contributed by atoms with Crippen molar-refractivity contribution in [3.05, 3.63) is 30.6 Å². The van der Waals surface area contributed by atoms with Crippen molar-refractivity contribution in [1.82, 2.24) is 14.9 Å². The molecule has 0 aliphatic heterocycles. The molecule has 0 amide bonds. The summed E-state index contributed by atoms with van der Waals surface area (Å²) in [6.07, 6.45) is 5.62. The predicted molar refractivity (Wildman–Crippen MR) is 89.3 cm³/mol. The zero-order valence-corrected chi connectivity index (χ0v) is 13.2. The van der Waals surface area contributed by atoms with Crippen LogP contribution in [0.5, 0.6) is 0 Å². The van der Waals surface area contributed by atoms with Gasteiger partial charge < -0.3 is 4.90 Å². The van der Waals surface area contributed by atoms with E-state index in [1.807, 2.05) is 18.2 Å². The molecule has 0 aliphatic rings. The monoisotopic (exact) mass is 284 g/mol. The maximum atomic E-state index is 4.69. The van der Waals surface area contributed by atoms with Gasteiger partial charge in [0.1, 0.15) is 0 Å². The first kappa shape index (κ1) is 15.6. The minimum atomic E-state index is 0.898. The molecular weight excluding hydrogens is 260 g/mol. The standard InChI is InChI=1S/C17H24N4/c1-4-21(5-2)12-6-7-14(3)20-15-8-9-16-17(13-15)19-11-10-18-16/h8-11,13H,4-7,12H2,1-3H3.